The van der Waals surface area contributed by atoms with E-state index < -0.39 is 5.97 Å². The smallest absolute Gasteiger partial charge is 0.308 e. The molecule has 7 heteroatoms. The third-order valence-corrected chi connectivity index (χ3v) is 2.52. The number of aromatic nitrogens is 2. The summed E-state index contributed by atoms with van der Waals surface area (Å²) in [4.78, 5) is 20.8. The summed E-state index contributed by atoms with van der Waals surface area (Å²) in [5.74, 6) is -0.191. The minimum absolute atomic E-state index is 0.158. The number of carboxylic acid groups (broad SMARTS) is 1. The predicted molar refractivity (Wildman–Crippen MR) is 60.8 cm³/mol. The molecular weight excluding hydrogens is 224 g/mol. The highest BCUT2D eigenvalue weighted by molar-refractivity contribution is 5.72. The third-order valence-electron chi connectivity index (χ3n) is 2.52. The second-order valence-corrected chi connectivity index (χ2v) is 3.75. The van der Waals surface area contributed by atoms with Crippen LogP contribution in [0.1, 0.15) is 5.56 Å². The zero-order valence-electron chi connectivity index (χ0n) is 9.30. The third kappa shape index (κ3) is 2.82. The summed E-state index contributed by atoms with van der Waals surface area (Å²) < 4.78 is 5.22. The zero-order chi connectivity index (χ0) is 12.3. The Labute approximate surface area is 98.2 Å². The van der Waals surface area contributed by atoms with Crippen LogP contribution < -0.4 is 10.6 Å². The highest BCUT2D eigenvalue weighted by atomic mass is 16.5. The summed E-state index contributed by atoms with van der Waals surface area (Å²) in [5, 5.41) is 8.67. The van der Waals surface area contributed by atoms with Gasteiger partial charge in [-0.1, -0.05) is 0 Å². The van der Waals surface area contributed by atoms with E-state index in [2.05, 4.69) is 9.97 Å². The van der Waals surface area contributed by atoms with Gasteiger partial charge < -0.3 is 20.5 Å². The van der Waals surface area contributed by atoms with E-state index in [1.54, 1.807) is 0 Å². The van der Waals surface area contributed by atoms with Crippen molar-refractivity contribution in [1.82, 2.24) is 9.97 Å². The van der Waals surface area contributed by atoms with E-state index in [9.17, 15) is 4.79 Å². The van der Waals surface area contributed by atoms with E-state index in [1.807, 2.05) is 4.90 Å². The molecule has 3 N–H and O–H groups in total. The largest absolute Gasteiger partial charge is 0.481 e. The molecule has 0 amide bonds. The molecule has 1 aromatic heterocycles. The van der Waals surface area contributed by atoms with E-state index in [0.29, 0.717) is 24.7 Å². The van der Waals surface area contributed by atoms with Gasteiger partial charge in [-0.15, -0.1) is 0 Å². The molecule has 1 aliphatic rings. The van der Waals surface area contributed by atoms with Crippen molar-refractivity contribution in [3.63, 3.8) is 0 Å². The molecule has 1 aromatic rings. The molecule has 0 unspecified atom stereocenters. The van der Waals surface area contributed by atoms with Gasteiger partial charge in [0.25, 0.3) is 0 Å². The molecule has 1 aliphatic heterocycles. The maximum absolute atomic E-state index is 10.6. The molecule has 92 valence electrons. The molecular formula is C10H14N4O3. The first kappa shape index (κ1) is 11.6. The summed E-state index contributed by atoms with van der Waals surface area (Å²) in [6.07, 6.45) is 1.32. The van der Waals surface area contributed by atoms with Gasteiger partial charge >= 0.3 is 5.97 Å². The van der Waals surface area contributed by atoms with Gasteiger partial charge in [-0.3, -0.25) is 4.79 Å². The molecule has 0 aromatic carbocycles. The highest BCUT2D eigenvalue weighted by Crippen LogP contribution is 2.15. The molecule has 0 bridgehead atoms. The van der Waals surface area contributed by atoms with Crippen LogP contribution in [0.4, 0.5) is 11.8 Å². The molecule has 0 radical (unpaired) electrons. The van der Waals surface area contributed by atoms with Crippen LogP contribution in [0.3, 0.4) is 0 Å². The number of ether oxygens (including phenoxy) is 1. The second kappa shape index (κ2) is 4.96. The number of nitrogen functional groups attached to an aromatic ring is 1. The average Bonchev–Trinajstić information content (AvgIpc) is 2.32. The Kier molecular flexibility index (Phi) is 3.38. The Bertz CT molecular complexity index is 418. The molecule has 17 heavy (non-hydrogen) atoms. The maximum atomic E-state index is 10.6. The average molecular weight is 238 g/mol. The van der Waals surface area contributed by atoms with Gasteiger partial charge in [-0.2, -0.15) is 4.98 Å². The van der Waals surface area contributed by atoms with Crippen LogP contribution in [0.25, 0.3) is 0 Å². The summed E-state index contributed by atoms with van der Waals surface area (Å²) in [7, 11) is 0. The number of rotatable bonds is 3. The van der Waals surface area contributed by atoms with Gasteiger partial charge in [0.05, 0.1) is 19.6 Å². The fraction of sp³-hybridized carbons (Fsp3) is 0.500. The second-order valence-electron chi connectivity index (χ2n) is 3.75. The SMILES string of the molecule is Nc1nc(N2CCOCC2)ncc1CC(=O)O. The van der Waals surface area contributed by atoms with Gasteiger partial charge in [0.1, 0.15) is 5.82 Å². The first-order valence-corrected chi connectivity index (χ1v) is 5.32. The van der Waals surface area contributed by atoms with Crippen molar-refractivity contribution in [2.75, 3.05) is 36.9 Å². The van der Waals surface area contributed by atoms with Crippen LogP contribution in [-0.2, 0) is 16.0 Å². The number of hydrogen-bond acceptors (Lipinski definition) is 6. The van der Waals surface area contributed by atoms with E-state index >= 15 is 0 Å². The van der Waals surface area contributed by atoms with Crippen LogP contribution in [0.5, 0.6) is 0 Å². The quantitative estimate of drug-likeness (QED) is 0.733. The topological polar surface area (TPSA) is 102 Å². The van der Waals surface area contributed by atoms with E-state index in [1.165, 1.54) is 6.20 Å². The predicted octanol–water partition coefficient (Wildman–Crippen LogP) is -0.478. The Morgan fingerprint density at radius 2 is 2.24 bits per heavy atom. The molecule has 1 fully saturated rings. The fourth-order valence-electron chi connectivity index (χ4n) is 1.63. The van der Waals surface area contributed by atoms with Crippen LogP contribution >= 0.6 is 0 Å². The summed E-state index contributed by atoms with van der Waals surface area (Å²) in [5.41, 5.74) is 6.14. The molecule has 0 spiro atoms. The van der Waals surface area contributed by atoms with Gasteiger partial charge in [-0.25, -0.2) is 4.98 Å². The van der Waals surface area contributed by atoms with Gasteiger partial charge in [0.2, 0.25) is 5.95 Å². The number of carbonyl (C=O) groups is 1. The fourth-order valence-corrected chi connectivity index (χ4v) is 1.63. The molecule has 7 nitrogen and oxygen atoms in total. The number of morpholine rings is 1. The summed E-state index contributed by atoms with van der Waals surface area (Å²) >= 11 is 0. The van der Waals surface area contributed by atoms with Crippen LogP contribution in [0, 0.1) is 0 Å². The number of nitrogens with zero attached hydrogens (tertiary/aromatic N) is 3. The Balaban J connectivity index is 2.14. The van der Waals surface area contributed by atoms with Crippen molar-refractivity contribution < 1.29 is 14.6 Å². The lowest BCUT2D eigenvalue weighted by Gasteiger charge is -2.26. The number of anilines is 2. The van der Waals surface area contributed by atoms with Crippen molar-refractivity contribution >= 4 is 17.7 Å². The molecule has 0 atom stereocenters. The first-order valence-electron chi connectivity index (χ1n) is 5.32. The molecule has 2 heterocycles. The van der Waals surface area contributed by atoms with Crippen molar-refractivity contribution in [3.8, 4) is 0 Å². The molecule has 0 saturated carbocycles. The molecule has 0 aliphatic carbocycles. The van der Waals surface area contributed by atoms with Crippen LogP contribution in [0.2, 0.25) is 0 Å². The van der Waals surface area contributed by atoms with Crippen LogP contribution in [-0.4, -0.2) is 47.3 Å². The van der Waals surface area contributed by atoms with Crippen molar-refractivity contribution in [2.45, 2.75) is 6.42 Å². The van der Waals surface area contributed by atoms with Crippen molar-refractivity contribution in [3.05, 3.63) is 11.8 Å². The lowest BCUT2D eigenvalue weighted by molar-refractivity contribution is -0.136. The lowest BCUT2D eigenvalue weighted by atomic mass is 10.2. The molecule has 1 saturated heterocycles. The summed E-state index contributed by atoms with van der Waals surface area (Å²) in [6.45, 7) is 2.72. The zero-order valence-corrected chi connectivity index (χ0v) is 9.30. The highest BCUT2D eigenvalue weighted by Gasteiger charge is 2.15. The Morgan fingerprint density at radius 1 is 1.53 bits per heavy atom. The van der Waals surface area contributed by atoms with E-state index in [0.717, 1.165) is 13.1 Å². The van der Waals surface area contributed by atoms with Crippen molar-refractivity contribution in [2.24, 2.45) is 0 Å². The van der Waals surface area contributed by atoms with E-state index in [-0.39, 0.29) is 12.2 Å². The maximum Gasteiger partial charge on any atom is 0.308 e. The number of carboxylic acids is 1. The summed E-state index contributed by atoms with van der Waals surface area (Å²) in [6, 6.07) is 0. The van der Waals surface area contributed by atoms with Crippen LogP contribution in [0.15, 0.2) is 6.20 Å². The number of hydrogen-bond donors (Lipinski definition) is 2. The minimum Gasteiger partial charge on any atom is -0.481 e. The normalized spacial score (nSPS) is 15.9. The minimum atomic E-state index is -0.945. The monoisotopic (exact) mass is 238 g/mol. The number of aliphatic carboxylic acids is 1. The van der Waals surface area contributed by atoms with E-state index in [4.69, 9.17) is 15.6 Å². The van der Waals surface area contributed by atoms with Crippen molar-refractivity contribution in [1.29, 1.82) is 0 Å². The first-order chi connectivity index (χ1) is 8.16. The molecule has 2 rings (SSSR count). The Hall–Kier alpha value is -1.89. The Morgan fingerprint density at radius 3 is 2.82 bits per heavy atom. The van der Waals surface area contributed by atoms with Gasteiger partial charge in [-0.05, 0) is 0 Å². The van der Waals surface area contributed by atoms with Gasteiger partial charge in [0, 0.05) is 24.8 Å². The number of nitrogens with two attached hydrogens (primary N) is 1. The van der Waals surface area contributed by atoms with Gasteiger partial charge in [0.15, 0.2) is 0 Å². The standard InChI is InChI=1S/C10H14N4O3/c11-9-7(5-8(15)16)6-12-10(13-9)14-1-3-17-4-2-14/h6H,1-5H2,(H,15,16)(H2,11,12,13). The lowest BCUT2D eigenvalue weighted by Crippen LogP contribution is -2.37.